The lowest BCUT2D eigenvalue weighted by atomic mass is 9.87. The molecular weight excluding hydrogens is 244 g/mol. The third-order valence-electron chi connectivity index (χ3n) is 3.86. The Morgan fingerprint density at radius 3 is 2.83 bits per heavy atom. The first-order valence-electron chi connectivity index (χ1n) is 6.51. The van der Waals surface area contributed by atoms with Crippen molar-refractivity contribution in [3.63, 3.8) is 0 Å². The Labute approximate surface area is 113 Å². The molecule has 0 bridgehead atoms. The van der Waals surface area contributed by atoms with Gasteiger partial charge in [-0.2, -0.15) is 5.10 Å². The van der Waals surface area contributed by atoms with E-state index in [2.05, 4.69) is 13.8 Å². The van der Waals surface area contributed by atoms with Gasteiger partial charge in [0.1, 0.15) is 0 Å². The van der Waals surface area contributed by atoms with Crippen LogP contribution >= 0.6 is 11.6 Å². The number of rotatable bonds is 1. The second-order valence-electron chi connectivity index (χ2n) is 5.10. The molecule has 2 nitrogen and oxygen atoms in total. The van der Waals surface area contributed by atoms with Gasteiger partial charge in [0, 0.05) is 5.69 Å². The molecule has 0 amide bonds. The molecule has 1 aromatic carbocycles. The van der Waals surface area contributed by atoms with Crippen molar-refractivity contribution < 1.29 is 0 Å². The van der Waals surface area contributed by atoms with Gasteiger partial charge in [0.25, 0.3) is 0 Å². The Morgan fingerprint density at radius 2 is 2.11 bits per heavy atom. The molecule has 94 valence electrons. The lowest BCUT2D eigenvalue weighted by Gasteiger charge is -2.17. The molecule has 0 fully saturated rings. The molecule has 0 spiro atoms. The lowest BCUT2D eigenvalue weighted by Crippen LogP contribution is -2.06. The van der Waals surface area contributed by atoms with E-state index >= 15 is 0 Å². The van der Waals surface area contributed by atoms with Crippen LogP contribution in [-0.4, -0.2) is 9.78 Å². The van der Waals surface area contributed by atoms with E-state index in [9.17, 15) is 0 Å². The van der Waals surface area contributed by atoms with Gasteiger partial charge in [-0.15, -0.1) is 0 Å². The quantitative estimate of drug-likeness (QED) is 0.749. The van der Waals surface area contributed by atoms with Crippen LogP contribution in [0.1, 0.15) is 42.6 Å². The predicted octanol–water partition coefficient (Wildman–Crippen LogP) is 4.27. The van der Waals surface area contributed by atoms with E-state index in [1.807, 2.05) is 28.9 Å². The second-order valence-corrected chi connectivity index (χ2v) is 5.51. The smallest absolute Gasteiger partial charge is 0.0835 e. The van der Waals surface area contributed by atoms with Crippen molar-refractivity contribution in [1.82, 2.24) is 9.78 Å². The van der Waals surface area contributed by atoms with Crippen molar-refractivity contribution in [3.8, 4) is 5.69 Å². The molecule has 3 rings (SSSR count). The van der Waals surface area contributed by atoms with Gasteiger partial charge in [-0.05, 0) is 49.8 Å². The fraction of sp³-hybridized carbons (Fsp3) is 0.400. The number of aryl methyl sites for hydroxylation is 1. The van der Waals surface area contributed by atoms with Crippen LogP contribution in [0.2, 0.25) is 5.02 Å². The monoisotopic (exact) mass is 260 g/mol. The molecule has 0 aliphatic heterocycles. The highest BCUT2D eigenvalue weighted by molar-refractivity contribution is 6.32. The Bertz CT molecular complexity index is 586. The minimum atomic E-state index is 0.616. The first-order valence-corrected chi connectivity index (χ1v) is 6.89. The molecule has 0 saturated carbocycles. The van der Waals surface area contributed by atoms with Crippen molar-refractivity contribution in [2.24, 2.45) is 0 Å². The summed E-state index contributed by atoms with van der Waals surface area (Å²) < 4.78 is 2.01. The number of hydrogen-bond acceptors (Lipinski definition) is 1. The fourth-order valence-corrected chi connectivity index (χ4v) is 3.19. The van der Waals surface area contributed by atoms with E-state index in [-0.39, 0.29) is 0 Å². The number of benzene rings is 1. The van der Waals surface area contributed by atoms with Gasteiger partial charge in [-0.3, -0.25) is 0 Å². The lowest BCUT2D eigenvalue weighted by molar-refractivity contribution is 0.583. The summed E-state index contributed by atoms with van der Waals surface area (Å²) in [5, 5.41) is 5.52. The summed E-state index contributed by atoms with van der Waals surface area (Å²) in [6.07, 6.45) is 3.60. The molecule has 1 aromatic heterocycles. The molecule has 1 aliphatic rings. The molecule has 2 aromatic rings. The van der Waals surface area contributed by atoms with E-state index in [0.717, 1.165) is 17.1 Å². The zero-order valence-corrected chi connectivity index (χ0v) is 11.5. The maximum Gasteiger partial charge on any atom is 0.0835 e. The zero-order chi connectivity index (χ0) is 12.7. The van der Waals surface area contributed by atoms with Gasteiger partial charge in [0.2, 0.25) is 0 Å². The highest BCUT2D eigenvalue weighted by Gasteiger charge is 2.24. The highest BCUT2D eigenvalue weighted by Crippen LogP contribution is 2.34. The summed E-state index contributed by atoms with van der Waals surface area (Å²) in [5.41, 5.74) is 4.91. The van der Waals surface area contributed by atoms with Gasteiger partial charge in [-0.25, -0.2) is 4.68 Å². The largest absolute Gasteiger partial charge is 0.236 e. The Kier molecular flexibility index (Phi) is 2.90. The van der Waals surface area contributed by atoms with Crippen LogP contribution in [0.5, 0.6) is 0 Å². The van der Waals surface area contributed by atoms with Crippen LogP contribution in [-0.2, 0) is 6.42 Å². The van der Waals surface area contributed by atoms with Gasteiger partial charge in [0.05, 0.1) is 16.4 Å². The number of halogens is 1. The van der Waals surface area contributed by atoms with Crippen molar-refractivity contribution >= 4 is 11.6 Å². The topological polar surface area (TPSA) is 17.8 Å². The molecule has 1 unspecified atom stereocenters. The van der Waals surface area contributed by atoms with E-state index in [1.165, 1.54) is 29.8 Å². The van der Waals surface area contributed by atoms with Crippen molar-refractivity contribution in [3.05, 3.63) is 46.2 Å². The van der Waals surface area contributed by atoms with E-state index in [1.54, 1.807) is 0 Å². The summed E-state index contributed by atoms with van der Waals surface area (Å²) in [5.74, 6) is 0.616. The highest BCUT2D eigenvalue weighted by atomic mass is 35.5. The van der Waals surface area contributed by atoms with Gasteiger partial charge >= 0.3 is 0 Å². The Balaban J connectivity index is 2.18. The van der Waals surface area contributed by atoms with Gasteiger partial charge in [0.15, 0.2) is 0 Å². The molecule has 3 heteroatoms. The average Bonchev–Trinajstić information content (AvgIpc) is 2.69. The second kappa shape index (κ2) is 4.43. The summed E-state index contributed by atoms with van der Waals surface area (Å²) in [7, 11) is 0. The van der Waals surface area contributed by atoms with Crippen molar-refractivity contribution in [2.45, 2.75) is 39.0 Å². The van der Waals surface area contributed by atoms with Crippen LogP contribution < -0.4 is 0 Å². The van der Waals surface area contributed by atoms with Crippen molar-refractivity contribution in [1.29, 1.82) is 0 Å². The number of hydrogen-bond donors (Lipinski definition) is 0. The van der Waals surface area contributed by atoms with Crippen LogP contribution in [0.15, 0.2) is 24.3 Å². The van der Waals surface area contributed by atoms with Crippen molar-refractivity contribution in [2.75, 3.05) is 0 Å². The molecule has 1 atom stereocenters. The zero-order valence-electron chi connectivity index (χ0n) is 10.8. The number of aromatic nitrogens is 2. The summed E-state index contributed by atoms with van der Waals surface area (Å²) >= 11 is 6.27. The fourth-order valence-electron chi connectivity index (χ4n) is 2.98. The molecular formula is C15H17ClN2. The molecule has 1 heterocycles. The SMILES string of the molecule is Cc1c2c(nn1-c1ccccc1Cl)CCCC2C. The molecule has 0 radical (unpaired) electrons. The Hall–Kier alpha value is -1.28. The normalized spacial score (nSPS) is 18.7. The first-order chi connectivity index (χ1) is 8.68. The minimum Gasteiger partial charge on any atom is -0.236 e. The summed E-state index contributed by atoms with van der Waals surface area (Å²) in [6, 6.07) is 7.90. The standard InChI is InChI=1S/C15H17ClN2/c1-10-6-5-8-13-15(10)11(2)18(17-13)14-9-4-3-7-12(14)16/h3-4,7,9-10H,5-6,8H2,1-2H3. The van der Waals surface area contributed by atoms with Crippen LogP contribution in [0.3, 0.4) is 0 Å². The minimum absolute atomic E-state index is 0.616. The molecule has 0 N–H and O–H groups in total. The first kappa shape index (κ1) is 11.8. The maximum atomic E-state index is 6.27. The van der Waals surface area contributed by atoms with Gasteiger partial charge in [-0.1, -0.05) is 30.7 Å². The van der Waals surface area contributed by atoms with E-state index in [4.69, 9.17) is 16.7 Å². The number of para-hydroxylation sites is 1. The van der Waals surface area contributed by atoms with Crippen LogP contribution in [0.4, 0.5) is 0 Å². The maximum absolute atomic E-state index is 6.27. The Morgan fingerprint density at radius 1 is 1.33 bits per heavy atom. The third-order valence-corrected chi connectivity index (χ3v) is 4.18. The third kappa shape index (κ3) is 1.76. The van der Waals surface area contributed by atoms with Crippen LogP contribution in [0.25, 0.3) is 5.69 Å². The van der Waals surface area contributed by atoms with E-state index in [0.29, 0.717) is 5.92 Å². The summed E-state index contributed by atoms with van der Waals surface area (Å²) in [4.78, 5) is 0. The van der Waals surface area contributed by atoms with Gasteiger partial charge < -0.3 is 0 Å². The molecule has 18 heavy (non-hydrogen) atoms. The van der Waals surface area contributed by atoms with E-state index < -0.39 is 0 Å². The molecule has 0 saturated heterocycles. The molecule has 1 aliphatic carbocycles. The summed E-state index contributed by atoms with van der Waals surface area (Å²) in [6.45, 7) is 4.45. The number of fused-ring (bicyclic) bond motifs is 1. The number of nitrogens with zero attached hydrogens (tertiary/aromatic N) is 2. The average molecular weight is 261 g/mol. The van der Waals surface area contributed by atoms with Crippen LogP contribution in [0, 0.1) is 6.92 Å². The predicted molar refractivity (Wildman–Crippen MR) is 74.7 cm³/mol.